The molecule has 1 aliphatic rings. The Morgan fingerprint density at radius 3 is 2.46 bits per heavy atom. The Kier molecular flexibility index (Phi) is 7.03. The molecule has 0 radical (unpaired) electrons. The molecule has 0 aromatic heterocycles. The van der Waals surface area contributed by atoms with Crippen LogP contribution in [-0.4, -0.2) is 35.3 Å². The Morgan fingerprint density at radius 2 is 1.82 bits per heavy atom. The molecule has 7 heteroatoms. The summed E-state index contributed by atoms with van der Waals surface area (Å²) in [6.07, 6.45) is 1.04. The molecule has 1 saturated heterocycles. The first kappa shape index (κ1) is 20.7. The Bertz CT molecular complexity index is 814. The highest BCUT2D eigenvalue weighted by atomic mass is 31.2. The highest BCUT2D eigenvalue weighted by Crippen LogP contribution is 2.57. The molecule has 0 aliphatic carbocycles. The maximum Gasteiger partial charge on any atom is 0.345 e. The van der Waals surface area contributed by atoms with Crippen molar-refractivity contribution in [2.75, 3.05) is 13.7 Å². The number of esters is 1. The summed E-state index contributed by atoms with van der Waals surface area (Å²) in [5.41, 5.74) is 2.10. The van der Waals surface area contributed by atoms with E-state index in [1.54, 1.807) is 0 Å². The van der Waals surface area contributed by atoms with Crippen LogP contribution < -0.4 is 0 Å². The number of hydrogen-bond donors (Lipinski definition) is 1. The molecule has 3 rings (SSSR count). The third-order valence-corrected chi connectivity index (χ3v) is 6.87. The van der Waals surface area contributed by atoms with Crippen molar-refractivity contribution in [3.05, 3.63) is 71.8 Å². The van der Waals surface area contributed by atoms with Gasteiger partial charge in [0, 0.05) is 13.0 Å². The zero-order chi connectivity index (χ0) is 20.0. The van der Waals surface area contributed by atoms with Gasteiger partial charge in [0.05, 0.1) is 19.8 Å². The number of hydrogen-bond acceptors (Lipinski definition) is 5. The molecule has 1 aliphatic heterocycles. The summed E-state index contributed by atoms with van der Waals surface area (Å²) in [7, 11) is -2.50. The summed E-state index contributed by atoms with van der Waals surface area (Å²) in [6, 6.07) is 19.6. The van der Waals surface area contributed by atoms with E-state index in [1.807, 2.05) is 65.6 Å². The van der Waals surface area contributed by atoms with E-state index in [9.17, 15) is 14.3 Å². The molecule has 2 aromatic carbocycles. The summed E-state index contributed by atoms with van der Waals surface area (Å²) in [5, 5.41) is 0. The average Bonchev–Trinajstić information content (AvgIpc) is 2.71. The molecule has 28 heavy (non-hydrogen) atoms. The monoisotopic (exact) mass is 403 g/mol. The van der Waals surface area contributed by atoms with Crippen molar-refractivity contribution in [2.45, 2.75) is 37.6 Å². The van der Waals surface area contributed by atoms with Crippen LogP contribution in [0.4, 0.5) is 0 Å². The third-order valence-electron chi connectivity index (χ3n) is 5.04. The summed E-state index contributed by atoms with van der Waals surface area (Å²) in [6.45, 7) is 0.676. The first-order chi connectivity index (χ1) is 13.5. The number of rotatable bonds is 7. The Balaban J connectivity index is 1.88. The smallest absolute Gasteiger partial charge is 0.345 e. The normalized spacial score (nSPS) is 25.4. The van der Waals surface area contributed by atoms with Gasteiger partial charge in [-0.15, -0.1) is 0 Å². The number of ether oxygens (including phenoxy) is 1. The number of carbonyl (C=O) groups excluding carboxylic acids is 1. The van der Waals surface area contributed by atoms with Crippen LogP contribution >= 0.6 is 7.60 Å². The zero-order valence-corrected chi connectivity index (χ0v) is 16.8. The van der Waals surface area contributed by atoms with Crippen molar-refractivity contribution in [2.24, 2.45) is 0 Å². The van der Waals surface area contributed by atoms with Gasteiger partial charge in [-0.05, 0) is 24.0 Å². The molecule has 1 unspecified atom stereocenters. The lowest BCUT2D eigenvalue weighted by atomic mass is 10.0. The molecule has 3 atom stereocenters. The molecule has 6 nitrogen and oxygen atoms in total. The highest BCUT2D eigenvalue weighted by Gasteiger charge is 2.45. The van der Waals surface area contributed by atoms with Gasteiger partial charge in [-0.1, -0.05) is 60.7 Å². The number of nitrogens with zero attached hydrogens (tertiary/aromatic N) is 1. The van der Waals surface area contributed by atoms with E-state index < -0.39 is 13.4 Å². The maximum atomic E-state index is 12.9. The Labute approximate surface area is 165 Å². The first-order valence-corrected chi connectivity index (χ1v) is 11.0. The predicted octanol–water partition coefficient (Wildman–Crippen LogP) is 4.11. The fraction of sp³-hybridized carbons (Fsp3) is 0.381. The number of carbonyl (C=O) groups is 1. The highest BCUT2D eigenvalue weighted by molar-refractivity contribution is 7.53. The van der Waals surface area contributed by atoms with E-state index in [-0.39, 0.29) is 25.0 Å². The van der Waals surface area contributed by atoms with Crippen molar-refractivity contribution < 1.29 is 23.5 Å². The zero-order valence-electron chi connectivity index (χ0n) is 15.9. The van der Waals surface area contributed by atoms with Crippen molar-refractivity contribution in [3.8, 4) is 0 Å². The van der Waals surface area contributed by atoms with Gasteiger partial charge in [0.1, 0.15) is 5.78 Å². The third kappa shape index (κ3) is 5.09. The minimum absolute atomic E-state index is 0.140. The van der Waals surface area contributed by atoms with Crippen molar-refractivity contribution in [1.82, 2.24) is 4.90 Å². The second-order valence-corrected chi connectivity index (χ2v) is 8.88. The van der Waals surface area contributed by atoms with Gasteiger partial charge in [-0.3, -0.25) is 14.3 Å². The summed E-state index contributed by atoms with van der Waals surface area (Å²) >= 11 is 0. The standard InChI is InChI=1S/C21H26NO5P/c1-26-21(23)14-8-13-20-22(15-17-9-4-2-5-10-17)19(16-27-28(20,24)25)18-11-6-3-7-12-18/h2-7,9-12,19-20H,8,13-16H2,1H3,(H,24,25)/t19-,20-/m0/s1. The average molecular weight is 403 g/mol. The lowest BCUT2D eigenvalue weighted by Crippen LogP contribution is -2.44. The number of benzene rings is 2. The molecule has 0 spiro atoms. The van der Waals surface area contributed by atoms with Crippen LogP contribution in [0.5, 0.6) is 0 Å². The second kappa shape index (κ2) is 9.48. The summed E-state index contributed by atoms with van der Waals surface area (Å²) in [4.78, 5) is 24.1. The van der Waals surface area contributed by atoms with Crippen LogP contribution in [0.15, 0.2) is 60.7 Å². The van der Waals surface area contributed by atoms with E-state index in [2.05, 4.69) is 4.74 Å². The molecule has 150 valence electrons. The van der Waals surface area contributed by atoms with Crippen LogP contribution in [0.3, 0.4) is 0 Å². The van der Waals surface area contributed by atoms with Crippen LogP contribution in [0.1, 0.15) is 36.4 Å². The Hall–Kier alpha value is -1.98. The van der Waals surface area contributed by atoms with Gasteiger partial charge in [0.2, 0.25) is 0 Å². The van der Waals surface area contributed by atoms with E-state index in [0.29, 0.717) is 19.4 Å². The van der Waals surface area contributed by atoms with Gasteiger partial charge in [-0.2, -0.15) is 0 Å². The second-order valence-electron chi connectivity index (χ2n) is 6.89. The van der Waals surface area contributed by atoms with E-state index >= 15 is 0 Å². The van der Waals surface area contributed by atoms with Gasteiger partial charge >= 0.3 is 13.6 Å². The lowest BCUT2D eigenvalue weighted by Gasteiger charge is -2.44. The fourth-order valence-electron chi connectivity index (χ4n) is 3.59. The molecule has 0 amide bonds. The minimum Gasteiger partial charge on any atom is -0.469 e. The minimum atomic E-state index is -3.84. The van der Waals surface area contributed by atoms with Gasteiger partial charge in [0.15, 0.2) is 0 Å². The van der Waals surface area contributed by atoms with E-state index in [1.165, 1.54) is 7.11 Å². The van der Waals surface area contributed by atoms with Gasteiger partial charge < -0.3 is 14.2 Å². The van der Waals surface area contributed by atoms with E-state index in [4.69, 9.17) is 4.52 Å². The summed E-state index contributed by atoms with van der Waals surface area (Å²) in [5.74, 6) is -1.00. The summed E-state index contributed by atoms with van der Waals surface area (Å²) < 4.78 is 23.0. The molecule has 1 fully saturated rings. The maximum absolute atomic E-state index is 12.9. The molecule has 0 saturated carbocycles. The lowest BCUT2D eigenvalue weighted by molar-refractivity contribution is -0.140. The van der Waals surface area contributed by atoms with Crippen molar-refractivity contribution >= 4 is 13.6 Å². The predicted molar refractivity (Wildman–Crippen MR) is 107 cm³/mol. The van der Waals surface area contributed by atoms with Gasteiger partial charge in [-0.25, -0.2) is 0 Å². The largest absolute Gasteiger partial charge is 0.469 e. The molecule has 1 heterocycles. The molecular weight excluding hydrogens is 377 g/mol. The first-order valence-electron chi connectivity index (χ1n) is 9.39. The molecule has 2 aromatic rings. The molecule has 0 bridgehead atoms. The SMILES string of the molecule is COC(=O)CCC[C@H]1N(Cc2ccccc2)[C@H](c2ccccc2)COP1(=O)O. The number of methoxy groups -OCH3 is 1. The van der Waals surface area contributed by atoms with E-state index in [0.717, 1.165) is 11.1 Å². The van der Waals surface area contributed by atoms with Crippen molar-refractivity contribution in [1.29, 1.82) is 0 Å². The molecular formula is C21H26NO5P. The quantitative estimate of drug-likeness (QED) is 0.554. The Morgan fingerprint density at radius 1 is 1.18 bits per heavy atom. The van der Waals surface area contributed by atoms with Gasteiger partial charge in [0.25, 0.3) is 0 Å². The molecule has 1 N–H and O–H groups in total. The fourth-order valence-corrected chi connectivity index (χ4v) is 5.24. The van der Waals surface area contributed by atoms with Crippen LogP contribution in [0.2, 0.25) is 0 Å². The van der Waals surface area contributed by atoms with Crippen LogP contribution in [0, 0.1) is 0 Å². The van der Waals surface area contributed by atoms with Crippen LogP contribution in [0.25, 0.3) is 0 Å². The van der Waals surface area contributed by atoms with Crippen LogP contribution in [-0.2, 0) is 25.2 Å². The topological polar surface area (TPSA) is 76.1 Å². The van der Waals surface area contributed by atoms with Crippen molar-refractivity contribution in [3.63, 3.8) is 0 Å².